The van der Waals surface area contributed by atoms with E-state index in [2.05, 4.69) is 25.9 Å². The maximum Gasteiger partial charge on any atom is 0.251 e. The number of nitrogens with zero attached hydrogens (tertiary/aromatic N) is 3. The molecule has 2 rings (SSSR count). The van der Waals surface area contributed by atoms with Gasteiger partial charge in [-0.3, -0.25) is 4.79 Å². The monoisotopic (exact) mass is 275 g/mol. The molecule has 1 unspecified atom stereocenters. The summed E-state index contributed by atoms with van der Waals surface area (Å²) < 4.78 is 0. The minimum absolute atomic E-state index is 0.231. The van der Waals surface area contributed by atoms with Crippen molar-refractivity contribution in [3.05, 3.63) is 29.8 Å². The summed E-state index contributed by atoms with van der Waals surface area (Å²) in [5.74, 6) is 0.205. The van der Waals surface area contributed by atoms with E-state index in [-0.39, 0.29) is 12.5 Å². The highest BCUT2D eigenvalue weighted by Gasteiger charge is 2.10. The summed E-state index contributed by atoms with van der Waals surface area (Å²) in [6, 6.07) is 6.94. The molecule has 1 aromatic heterocycles. The van der Waals surface area contributed by atoms with Crippen LogP contribution in [0.3, 0.4) is 0 Å². The fourth-order valence-corrected chi connectivity index (χ4v) is 1.83. The smallest absolute Gasteiger partial charge is 0.251 e. The zero-order valence-electron chi connectivity index (χ0n) is 11.2. The first-order valence-corrected chi connectivity index (χ1v) is 6.51. The van der Waals surface area contributed by atoms with E-state index in [0.29, 0.717) is 23.4 Å². The third-order valence-corrected chi connectivity index (χ3v) is 2.85. The summed E-state index contributed by atoms with van der Waals surface area (Å²) in [7, 11) is 0. The average molecular weight is 275 g/mol. The fraction of sp³-hybridized carbons (Fsp3) is 0.385. The molecule has 7 heteroatoms. The first-order valence-electron chi connectivity index (χ1n) is 6.51. The van der Waals surface area contributed by atoms with Gasteiger partial charge in [0.1, 0.15) is 0 Å². The van der Waals surface area contributed by atoms with Crippen LogP contribution in [0.5, 0.6) is 0 Å². The number of aromatic nitrogens is 4. The number of hydrogen-bond donors (Lipinski definition) is 3. The Bertz CT molecular complexity index is 556. The molecule has 0 aliphatic carbocycles. The number of carbonyl (C=O) groups excluding carboxylic acids is 1. The first kappa shape index (κ1) is 14.1. The fourth-order valence-electron chi connectivity index (χ4n) is 1.83. The number of aliphatic hydroxyl groups is 1. The van der Waals surface area contributed by atoms with Gasteiger partial charge in [-0.15, -0.1) is 10.2 Å². The molecule has 1 atom stereocenters. The van der Waals surface area contributed by atoms with Crippen molar-refractivity contribution in [3.63, 3.8) is 0 Å². The standard InChI is InChI=1S/C13H17N5O2/c1-2-4-11(19)8-14-13(20)10-6-3-5-9(7-10)12-15-17-18-16-12/h3,5-7,11,19H,2,4,8H2,1H3,(H,14,20)(H,15,16,17,18). The van der Waals surface area contributed by atoms with Gasteiger partial charge < -0.3 is 10.4 Å². The summed E-state index contributed by atoms with van der Waals surface area (Å²) >= 11 is 0. The summed E-state index contributed by atoms with van der Waals surface area (Å²) in [4.78, 5) is 12.0. The van der Waals surface area contributed by atoms with Crippen molar-refractivity contribution in [1.29, 1.82) is 0 Å². The van der Waals surface area contributed by atoms with Crippen LogP contribution in [0, 0.1) is 0 Å². The maximum absolute atomic E-state index is 12.0. The van der Waals surface area contributed by atoms with Crippen LogP contribution in [-0.2, 0) is 0 Å². The Morgan fingerprint density at radius 2 is 2.35 bits per heavy atom. The number of hydrogen-bond acceptors (Lipinski definition) is 5. The van der Waals surface area contributed by atoms with E-state index < -0.39 is 6.10 Å². The Morgan fingerprint density at radius 1 is 1.50 bits per heavy atom. The topological polar surface area (TPSA) is 104 Å². The molecule has 0 aliphatic rings. The summed E-state index contributed by atoms with van der Waals surface area (Å²) in [5.41, 5.74) is 1.21. The van der Waals surface area contributed by atoms with E-state index >= 15 is 0 Å². The molecule has 1 heterocycles. The molecular formula is C13H17N5O2. The van der Waals surface area contributed by atoms with Gasteiger partial charge in [-0.05, 0) is 23.8 Å². The van der Waals surface area contributed by atoms with E-state index in [4.69, 9.17) is 0 Å². The molecule has 7 nitrogen and oxygen atoms in total. The zero-order valence-corrected chi connectivity index (χ0v) is 11.2. The van der Waals surface area contributed by atoms with E-state index in [9.17, 15) is 9.90 Å². The third kappa shape index (κ3) is 3.61. The van der Waals surface area contributed by atoms with Gasteiger partial charge in [0, 0.05) is 17.7 Å². The Balaban J connectivity index is 2.02. The van der Waals surface area contributed by atoms with Crippen molar-refractivity contribution >= 4 is 5.91 Å². The molecule has 0 spiro atoms. The van der Waals surface area contributed by atoms with E-state index in [1.807, 2.05) is 6.92 Å². The second kappa shape index (κ2) is 6.76. The minimum Gasteiger partial charge on any atom is -0.391 e. The van der Waals surface area contributed by atoms with Gasteiger partial charge in [0.25, 0.3) is 5.91 Å². The molecule has 2 aromatic rings. The van der Waals surface area contributed by atoms with Crippen LogP contribution in [0.25, 0.3) is 11.4 Å². The number of tetrazole rings is 1. The van der Waals surface area contributed by atoms with Crippen LogP contribution in [-0.4, -0.2) is 44.3 Å². The maximum atomic E-state index is 12.0. The zero-order chi connectivity index (χ0) is 14.4. The van der Waals surface area contributed by atoms with Crippen molar-refractivity contribution in [2.24, 2.45) is 0 Å². The predicted molar refractivity (Wildman–Crippen MR) is 72.9 cm³/mol. The number of aliphatic hydroxyl groups excluding tert-OH is 1. The lowest BCUT2D eigenvalue weighted by Crippen LogP contribution is -2.31. The first-order chi connectivity index (χ1) is 9.70. The lowest BCUT2D eigenvalue weighted by molar-refractivity contribution is 0.0910. The molecule has 0 aliphatic heterocycles. The van der Waals surface area contributed by atoms with Crippen molar-refractivity contribution in [3.8, 4) is 11.4 Å². The van der Waals surface area contributed by atoms with Crippen LogP contribution in [0.4, 0.5) is 0 Å². The predicted octanol–water partition coefficient (Wildman–Crippen LogP) is 0.757. The molecule has 1 amide bonds. The van der Waals surface area contributed by atoms with Crippen molar-refractivity contribution in [2.45, 2.75) is 25.9 Å². The van der Waals surface area contributed by atoms with Crippen LogP contribution in [0.2, 0.25) is 0 Å². The largest absolute Gasteiger partial charge is 0.391 e. The van der Waals surface area contributed by atoms with Gasteiger partial charge in [0.15, 0.2) is 0 Å². The number of H-pyrrole nitrogens is 1. The van der Waals surface area contributed by atoms with Crippen LogP contribution in [0.15, 0.2) is 24.3 Å². The Hall–Kier alpha value is -2.28. The molecule has 0 saturated carbocycles. The molecule has 106 valence electrons. The number of amides is 1. The highest BCUT2D eigenvalue weighted by Crippen LogP contribution is 2.14. The van der Waals surface area contributed by atoms with Crippen LogP contribution >= 0.6 is 0 Å². The summed E-state index contributed by atoms with van der Waals surface area (Å²) in [5, 5.41) is 25.9. The van der Waals surface area contributed by atoms with Gasteiger partial charge in [-0.2, -0.15) is 5.21 Å². The highest BCUT2D eigenvalue weighted by atomic mass is 16.3. The minimum atomic E-state index is -0.510. The van der Waals surface area contributed by atoms with Gasteiger partial charge in [-0.1, -0.05) is 25.5 Å². The molecule has 1 aromatic carbocycles. The normalized spacial score (nSPS) is 12.1. The lowest BCUT2D eigenvalue weighted by Gasteiger charge is -2.10. The quantitative estimate of drug-likeness (QED) is 0.722. The van der Waals surface area contributed by atoms with Crippen molar-refractivity contribution in [1.82, 2.24) is 25.9 Å². The highest BCUT2D eigenvalue weighted by molar-refractivity contribution is 5.95. The van der Waals surface area contributed by atoms with E-state index in [0.717, 1.165) is 6.42 Å². The lowest BCUT2D eigenvalue weighted by atomic mass is 10.1. The number of nitrogens with one attached hydrogen (secondary N) is 2. The van der Waals surface area contributed by atoms with Crippen molar-refractivity contribution < 1.29 is 9.90 Å². The molecule has 0 fully saturated rings. The second-order valence-corrected chi connectivity index (χ2v) is 4.47. The molecule has 3 N–H and O–H groups in total. The van der Waals surface area contributed by atoms with Gasteiger partial charge in [0.05, 0.1) is 6.10 Å². The Kier molecular flexibility index (Phi) is 4.78. The SMILES string of the molecule is CCCC(O)CNC(=O)c1cccc(-c2nn[nH]n2)c1. The van der Waals surface area contributed by atoms with Gasteiger partial charge >= 0.3 is 0 Å². The summed E-state index contributed by atoms with van der Waals surface area (Å²) in [6.07, 6.45) is 1.04. The molecule has 20 heavy (non-hydrogen) atoms. The molecular weight excluding hydrogens is 258 g/mol. The van der Waals surface area contributed by atoms with E-state index in [1.54, 1.807) is 24.3 Å². The molecule has 0 radical (unpaired) electrons. The number of aromatic amines is 1. The molecule has 0 bridgehead atoms. The third-order valence-electron chi connectivity index (χ3n) is 2.85. The van der Waals surface area contributed by atoms with Crippen LogP contribution < -0.4 is 5.32 Å². The van der Waals surface area contributed by atoms with E-state index in [1.165, 1.54) is 0 Å². The van der Waals surface area contributed by atoms with Crippen molar-refractivity contribution in [2.75, 3.05) is 6.54 Å². The second-order valence-electron chi connectivity index (χ2n) is 4.47. The van der Waals surface area contributed by atoms with Gasteiger partial charge in [0.2, 0.25) is 5.82 Å². The molecule has 0 saturated heterocycles. The Morgan fingerprint density at radius 3 is 3.05 bits per heavy atom. The number of carbonyl (C=O) groups is 1. The number of rotatable bonds is 6. The summed E-state index contributed by atoms with van der Waals surface area (Å²) in [6.45, 7) is 2.23. The Labute approximate surface area is 116 Å². The average Bonchev–Trinajstić information content (AvgIpc) is 2.99. The van der Waals surface area contributed by atoms with Crippen LogP contribution in [0.1, 0.15) is 30.1 Å². The number of benzene rings is 1. The van der Waals surface area contributed by atoms with Gasteiger partial charge in [-0.25, -0.2) is 0 Å².